The van der Waals surface area contributed by atoms with Crippen molar-refractivity contribution in [1.29, 1.82) is 0 Å². The van der Waals surface area contributed by atoms with Crippen molar-refractivity contribution in [2.75, 3.05) is 18.0 Å². The van der Waals surface area contributed by atoms with Crippen molar-refractivity contribution < 1.29 is 59.3 Å². The molecule has 42 heavy (non-hydrogen) atoms. The van der Waals surface area contributed by atoms with E-state index < -0.39 is 69.7 Å². The van der Waals surface area contributed by atoms with Crippen LogP contribution in [0.15, 0.2) is 18.2 Å². The highest BCUT2D eigenvalue weighted by Crippen LogP contribution is 2.46. The van der Waals surface area contributed by atoms with Gasteiger partial charge in [-0.25, -0.2) is 4.79 Å². The maximum Gasteiger partial charge on any atom is 0.434 e. The van der Waals surface area contributed by atoms with Gasteiger partial charge in [0.05, 0.1) is 48.2 Å². The highest BCUT2D eigenvalue weighted by atomic mass is 19.4. The van der Waals surface area contributed by atoms with Crippen LogP contribution >= 0.6 is 0 Å². The van der Waals surface area contributed by atoms with Gasteiger partial charge in [-0.3, -0.25) is 9.80 Å². The number of ether oxygens (including phenoxy) is 1. The third-order valence-corrected chi connectivity index (χ3v) is 6.93. The fourth-order valence-electron chi connectivity index (χ4n) is 4.63. The second kappa shape index (κ2) is 10.5. The number of benzene rings is 1. The van der Waals surface area contributed by atoms with Gasteiger partial charge in [0.15, 0.2) is 0 Å². The van der Waals surface area contributed by atoms with Gasteiger partial charge in [-0.05, 0) is 35.9 Å². The number of nitrogens with zero attached hydrogens (tertiary/aromatic N) is 3. The zero-order chi connectivity index (χ0) is 32.5. The van der Waals surface area contributed by atoms with Crippen molar-refractivity contribution in [3.63, 3.8) is 0 Å². The molecule has 2 atom stereocenters. The Hall–Kier alpha value is -2.07. The lowest BCUT2D eigenvalue weighted by atomic mass is 9.38. The van der Waals surface area contributed by atoms with Crippen LogP contribution in [0.2, 0.25) is 0 Å². The molecule has 1 aromatic rings. The molecule has 0 aromatic heterocycles. The topological polar surface area (TPSA) is 76.5 Å². The van der Waals surface area contributed by atoms with Crippen molar-refractivity contribution >= 4 is 58.9 Å². The number of carbonyl (C=O) groups excluding carboxylic acids is 1. The van der Waals surface area contributed by atoms with E-state index in [2.05, 4.69) is 4.74 Å². The summed E-state index contributed by atoms with van der Waals surface area (Å²) in [4.78, 5) is 13.5. The lowest BCUT2D eigenvalue weighted by molar-refractivity contribution is -0.312. The lowest BCUT2D eigenvalue weighted by Crippen LogP contribution is -2.92. The number of piperazine rings is 1. The van der Waals surface area contributed by atoms with E-state index in [4.69, 9.17) is 47.1 Å². The summed E-state index contributed by atoms with van der Waals surface area (Å²) < 4.78 is 122. The zero-order valence-corrected chi connectivity index (χ0v) is 21.3. The first kappa shape index (κ1) is 34.4. The molecule has 216 valence electrons. The SMILES string of the molecule is [B]C1([B])N(C(=O)OC(C(F)(F)F)C(F)(F)F)C([B])(O)C([B])([B])N(Cc2ccc(C(F)(F)F)cc2N2CCCC2)C1([B])O. The van der Waals surface area contributed by atoms with Crippen LogP contribution in [0.5, 0.6) is 0 Å². The first-order valence-electron chi connectivity index (χ1n) is 11.7. The molecule has 0 saturated carbocycles. The maximum atomic E-state index is 13.4. The Labute approximate surface area is 241 Å². The van der Waals surface area contributed by atoms with Gasteiger partial charge in [-0.2, -0.15) is 39.5 Å². The Morgan fingerprint density at radius 1 is 0.857 bits per heavy atom. The molecule has 0 bridgehead atoms. The summed E-state index contributed by atoms with van der Waals surface area (Å²) in [5, 5.41) is 15.1. The predicted molar refractivity (Wildman–Crippen MR) is 133 cm³/mol. The molecule has 2 fully saturated rings. The minimum Gasteiger partial charge on any atom is -0.426 e. The van der Waals surface area contributed by atoms with Crippen LogP contribution in [-0.4, -0.2) is 127 Å². The first-order valence-corrected chi connectivity index (χ1v) is 11.7. The molecule has 2 saturated heterocycles. The molecular formula is C20H16B6F9N3O4. The fourth-order valence-corrected chi connectivity index (χ4v) is 4.63. The smallest absolute Gasteiger partial charge is 0.426 e. The van der Waals surface area contributed by atoms with Crippen molar-refractivity contribution in [1.82, 2.24) is 9.80 Å². The average Bonchev–Trinajstić information content (AvgIpc) is 3.32. The number of rotatable bonds is 4. The number of halogens is 9. The van der Waals surface area contributed by atoms with Gasteiger partial charge < -0.3 is 19.8 Å². The first-order chi connectivity index (χ1) is 18.7. The van der Waals surface area contributed by atoms with Gasteiger partial charge in [-0.15, -0.1) is 0 Å². The number of anilines is 1. The highest BCUT2D eigenvalue weighted by molar-refractivity contribution is 6.50. The van der Waals surface area contributed by atoms with Crippen LogP contribution in [0.4, 0.5) is 50.0 Å². The van der Waals surface area contributed by atoms with Crippen LogP contribution in [0.1, 0.15) is 24.0 Å². The second-order valence-corrected chi connectivity index (χ2v) is 9.91. The van der Waals surface area contributed by atoms with E-state index in [0.29, 0.717) is 18.9 Å². The van der Waals surface area contributed by atoms with E-state index >= 15 is 0 Å². The Morgan fingerprint density at radius 2 is 1.36 bits per heavy atom. The predicted octanol–water partition coefficient (Wildman–Crippen LogP) is 0.664. The largest absolute Gasteiger partial charge is 0.434 e. The molecule has 1 aromatic carbocycles. The van der Waals surface area contributed by atoms with Crippen molar-refractivity contribution in [3.05, 3.63) is 29.3 Å². The van der Waals surface area contributed by atoms with Gasteiger partial charge in [0.2, 0.25) is 0 Å². The standard InChI is InChI=1S/C20H16B6F9N3O4/c21-17(22)20(26,41)38(13(39)42-12(15(30,31)32)16(33,34)35)18(23,24)19(25,40)37(17)8-9-3-4-10(14(27,28)29)7-11(9)36-5-1-2-6-36/h3-4,7,12,40-41H,1-2,5-6,8H2. The van der Waals surface area contributed by atoms with Gasteiger partial charge in [0.1, 0.15) is 15.7 Å². The molecule has 2 aliphatic rings. The maximum absolute atomic E-state index is 13.4. The molecule has 7 nitrogen and oxygen atoms in total. The van der Waals surface area contributed by atoms with Gasteiger partial charge >= 0.3 is 24.6 Å². The van der Waals surface area contributed by atoms with E-state index in [1.54, 1.807) is 0 Å². The molecule has 2 heterocycles. The summed E-state index contributed by atoms with van der Waals surface area (Å²) in [5.74, 6) is 0. The van der Waals surface area contributed by atoms with E-state index in [0.717, 1.165) is 12.1 Å². The third-order valence-electron chi connectivity index (χ3n) is 6.93. The minimum atomic E-state index is -6.25. The monoisotopic (exact) mass is 599 g/mol. The molecule has 0 aliphatic carbocycles. The molecule has 3 rings (SSSR count). The normalized spacial score (nSPS) is 27.0. The van der Waals surface area contributed by atoms with Crippen LogP contribution in [0, 0.1) is 0 Å². The quantitative estimate of drug-likeness (QED) is 0.393. The Bertz CT molecular complexity index is 1150. The lowest BCUT2D eigenvalue weighted by Gasteiger charge is -2.71. The van der Waals surface area contributed by atoms with Gasteiger partial charge in [0, 0.05) is 30.7 Å². The Kier molecular flexibility index (Phi) is 8.63. The molecule has 2 aliphatic heterocycles. The average molecular weight is 598 g/mol. The number of alkyl halides is 9. The van der Waals surface area contributed by atoms with Crippen molar-refractivity contribution in [2.45, 2.75) is 65.9 Å². The second-order valence-electron chi connectivity index (χ2n) is 9.91. The molecule has 0 spiro atoms. The number of aliphatic hydroxyl groups is 2. The molecular weight excluding hydrogens is 582 g/mol. The summed E-state index contributed by atoms with van der Waals surface area (Å²) in [7, 11) is 34.5. The van der Waals surface area contributed by atoms with Crippen LogP contribution < -0.4 is 4.90 Å². The number of hydrogen-bond donors (Lipinski definition) is 2. The fraction of sp³-hybridized carbons (Fsp3) is 0.650. The van der Waals surface area contributed by atoms with Crippen LogP contribution in [-0.2, 0) is 17.5 Å². The number of hydrogen-bond acceptors (Lipinski definition) is 6. The van der Waals surface area contributed by atoms with Gasteiger partial charge in [0.25, 0.3) is 6.10 Å². The molecule has 12 radical (unpaired) electrons. The molecule has 2 unspecified atom stereocenters. The number of amides is 1. The van der Waals surface area contributed by atoms with Gasteiger partial charge in [-0.1, -0.05) is 6.07 Å². The minimum absolute atomic E-state index is 0.0748. The summed E-state index contributed by atoms with van der Waals surface area (Å²) >= 11 is 0. The van der Waals surface area contributed by atoms with Crippen LogP contribution in [0.3, 0.4) is 0 Å². The zero-order valence-electron chi connectivity index (χ0n) is 21.3. The van der Waals surface area contributed by atoms with E-state index in [-0.39, 0.29) is 29.2 Å². The van der Waals surface area contributed by atoms with E-state index in [1.165, 1.54) is 4.90 Å². The van der Waals surface area contributed by atoms with Crippen molar-refractivity contribution in [3.8, 4) is 0 Å². The Balaban J connectivity index is 2.10. The van der Waals surface area contributed by atoms with Crippen LogP contribution in [0.25, 0.3) is 0 Å². The van der Waals surface area contributed by atoms with E-state index in [9.17, 15) is 54.5 Å². The molecule has 22 heteroatoms. The highest BCUT2D eigenvalue weighted by Gasteiger charge is 2.67. The number of carbonyl (C=O) groups is 1. The summed E-state index contributed by atoms with van der Waals surface area (Å²) in [5.41, 5.74) is -8.69. The third kappa shape index (κ3) is 5.86. The summed E-state index contributed by atoms with van der Waals surface area (Å²) in [6, 6.07) is 2.30. The summed E-state index contributed by atoms with van der Waals surface area (Å²) in [6.07, 6.45) is -23.7. The molecule has 2 N–H and O–H groups in total. The van der Waals surface area contributed by atoms with Crippen molar-refractivity contribution in [2.24, 2.45) is 0 Å². The van der Waals surface area contributed by atoms with E-state index in [1.807, 2.05) is 0 Å². The molecule has 1 amide bonds. The summed E-state index contributed by atoms with van der Waals surface area (Å²) in [6.45, 7) is -0.360. The Morgan fingerprint density at radius 3 is 1.81 bits per heavy atom.